The van der Waals surface area contributed by atoms with E-state index in [-0.39, 0.29) is 25.0 Å². The first kappa shape index (κ1) is 19.4. The summed E-state index contributed by atoms with van der Waals surface area (Å²) in [6, 6.07) is 15.6. The average molecular weight is 369 g/mol. The zero-order chi connectivity index (χ0) is 19.2. The normalized spacial score (nSPS) is 19.7. The summed E-state index contributed by atoms with van der Waals surface area (Å²) in [5.41, 5.74) is 2.86. The molecule has 27 heavy (non-hydrogen) atoms. The number of carbonyl (C=O) groups is 1. The van der Waals surface area contributed by atoms with E-state index in [1.807, 2.05) is 42.5 Å². The Labute approximate surface area is 160 Å². The molecule has 5 heteroatoms. The van der Waals surface area contributed by atoms with E-state index in [4.69, 9.17) is 4.74 Å². The van der Waals surface area contributed by atoms with Crippen LogP contribution in [0.2, 0.25) is 0 Å². The molecule has 2 aromatic rings. The predicted molar refractivity (Wildman–Crippen MR) is 104 cm³/mol. The fraction of sp³-hybridized carbons (Fsp3) is 0.409. The molecule has 1 saturated heterocycles. The molecule has 3 rings (SSSR count). The SMILES string of the molecule is COc1cccc(CCc2ccccc2C(=O)N2CC[C@@H](CO)[C@H](O)C2)c1. The summed E-state index contributed by atoms with van der Waals surface area (Å²) in [6.07, 6.45) is 1.52. The van der Waals surface area contributed by atoms with Gasteiger partial charge in [-0.3, -0.25) is 4.79 Å². The van der Waals surface area contributed by atoms with Gasteiger partial charge in [-0.1, -0.05) is 30.3 Å². The third-order valence-electron chi connectivity index (χ3n) is 5.31. The molecule has 0 bridgehead atoms. The molecule has 5 nitrogen and oxygen atoms in total. The summed E-state index contributed by atoms with van der Waals surface area (Å²) in [7, 11) is 1.65. The summed E-state index contributed by atoms with van der Waals surface area (Å²) in [4.78, 5) is 14.7. The maximum atomic E-state index is 13.0. The zero-order valence-corrected chi connectivity index (χ0v) is 15.7. The summed E-state index contributed by atoms with van der Waals surface area (Å²) in [5, 5.41) is 19.4. The van der Waals surface area contributed by atoms with Crippen molar-refractivity contribution in [2.45, 2.75) is 25.4 Å². The van der Waals surface area contributed by atoms with Crippen LogP contribution in [0.4, 0.5) is 0 Å². The number of aryl methyl sites for hydroxylation is 2. The van der Waals surface area contributed by atoms with Gasteiger partial charge in [0.25, 0.3) is 5.91 Å². The van der Waals surface area contributed by atoms with E-state index in [1.54, 1.807) is 12.0 Å². The number of aliphatic hydroxyl groups is 2. The highest BCUT2D eigenvalue weighted by molar-refractivity contribution is 5.95. The van der Waals surface area contributed by atoms with Crippen molar-refractivity contribution in [2.75, 3.05) is 26.8 Å². The molecule has 0 saturated carbocycles. The molecule has 0 spiro atoms. The van der Waals surface area contributed by atoms with E-state index in [0.717, 1.165) is 29.7 Å². The van der Waals surface area contributed by atoms with Gasteiger partial charge in [-0.15, -0.1) is 0 Å². The van der Waals surface area contributed by atoms with Crippen molar-refractivity contribution in [3.05, 3.63) is 65.2 Å². The molecule has 0 unspecified atom stereocenters. The van der Waals surface area contributed by atoms with Gasteiger partial charge in [-0.2, -0.15) is 0 Å². The number of carbonyl (C=O) groups excluding carboxylic acids is 1. The molecule has 1 aliphatic heterocycles. The Hall–Kier alpha value is -2.37. The van der Waals surface area contributed by atoms with Crippen molar-refractivity contribution in [3.8, 4) is 5.75 Å². The number of nitrogens with zero attached hydrogens (tertiary/aromatic N) is 1. The van der Waals surface area contributed by atoms with Gasteiger partial charge in [0.1, 0.15) is 5.75 Å². The summed E-state index contributed by atoms with van der Waals surface area (Å²) >= 11 is 0. The van der Waals surface area contributed by atoms with Crippen LogP contribution in [0.1, 0.15) is 27.9 Å². The average Bonchev–Trinajstić information content (AvgIpc) is 2.72. The number of ether oxygens (including phenoxy) is 1. The van der Waals surface area contributed by atoms with Gasteiger partial charge >= 0.3 is 0 Å². The maximum absolute atomic E-state index is 13.0. The minimum absolute atomic E-state index is 0.0413. The summed E-state index contributed by atoms with van der Waals surface area (Å²) in [5.74, 6) is 0.640. The first-order valence-corrected chi connectivity index (χ1v) is 9.41. The first-order chi connectivity index (χ1) is 13.1. The molecule has 2 aromatic carbocycles. The van der Waals surface area contributed by atoms with Gasteiger partial charge in [-0.25, -0.2) is 0 Å². The third kappa shape index (κ3) is 4.67. The number of hydrogen-bond acceptors (Lipinski definition) is 4. The Morgan fingerprint density at radius 2 is 2.00 bits per heavy atom. The topological polar surface area (TPSA) is 70.0 Å². The van der Waals surface area contributed by atoms with E-state index in [2.05, 4.69) is 6.07 Å². The standard InChI is InChI=1S/C22H27NO4/c1-27-19-7-4-5-16(13-19)9-10-17-6-2-3-8-20(17)22(26)23-12-11-18(15-24)21(25)14-23/h2-8,13,18,21,24-25H,9-12,14-15H2,1H3/t18-,21+/m0/s1. The summed E-state index contributed by atoms with van der Waals surface area (Å²) in [6.45, 7) is 0.792. The van der Waals surface area contributed by atoms with Crippen LogP contribution in [0.5, 0.6) is 5.75 Å². The van der Waals surface area contributed by atoms with Gasteiger partial charge < -0.3 is 19.8 Å². The van der Waals surface area contributed by atoms with Crippen molar-refractivity contribution in [2.24, 2.45) is 5.92 Å². The lowest BCUT2D eigenvalue weighted by atomic mass is 9.93. The van der Waals surface area contributed by atoms with Gasteiger partial charge in [0.05, 0.1) is 13.2 Å². The molecule has 1 amide bonds. The minimum atomic E-state index is -0.670. The number of benzene rings is 2. The van der Waals surface area contributed by atoms with Crippen LogP contribution in [0.3, 0.4) is 0 Å². The molecule has 1 fully saturated rings. The highest BCUT2D eigenvalue weighted by atomic mass is 16.5. The van der Waals surface area contributed by atoms with Gasteiger partial charge in [-0.05, 0) is 48.6 Å². The Balaban J connectivity index is 1.71. The Morgan fingerprint density at radius 1 is 1.19 bits per heavy atom. The second-order valence-corrected chi connectivity index (χ2v) is 7.06. The molecular formula is C22H27NO4. The van der Waals surface area contributed by atoms with Crippen molar-refractivity contribution in [1.82, 2.24) is 4.90 Å². The van der Waals surface area contributed by atoms with Crippen LogP contribution in [-0.2, 0) is 12.8 Å². The second-order valence-electron chi connectivity index (χ2n) is 7.06. The number of amides is 1. The third-order valence-corrected chi connectivity index (χ3v) is 5.31. The number of hydrogen-bond donors (Lipinski definition) is 2. The fourth-order valence-corrected chi connectivity index (χ4v) is 3.60. The lowest BCUT2D eigenvalue weighted by Gasteiger charge is -2.35. The number of β-amino-alcohol motifs (C(OH)–C–C–N with tert-alkyl or cyclic N) is 1. The fourth-order valence-electron chi connectivity index (χ4n) is 3.60. The quantitative estimate of drug-likeness (QED) is 0.820. The smallest absolute Gasteiger partial charge is 0.254 e. The number of piperidine rings is 1. The molecule has 0 aliphatic carbocycles. The Bertz CT molecular complexity index is 776. The second kappa shape index (κ2) is 9.02. The van der Waals surface area contributed by atoms with E-state index in [9.17, 15) is 15.0 Å². The van der Waals surface area contributed by atoms with Gasteiger partial charge in [0, 0.05) is 31.2 Å². The van der Waals surface area contributed by atoms with E-state index < -0.39 is 6.10 Å². The lowest BCUT2D eigenvalue weighted by Crippen LogP contribution is -2.47. The van der Waals surface area contributed by atoms with Crippen LogP contribution >= 0.6 is 0 Å². The number of rotatable bonds is 6. The zero-order valence-electron chi connectivity index (χ0n) is 15.7. The highest BCUT2D eigenvalue weighted by Gasteiger charge is 2.30. The van der Waals surface area contributed by atoms with E-state index in [1.165, 1.54) is 0 Å². The molecule has 0 aromatic heterocycles. The molecule has 1 aliphatic rings. The van der Waals surface area contributed by atoms with Crippen LogP contribution in [0.15, 0.2) is 48.5 Å². The molecule has 0 radical (unpaired) electrons. The van der Waals surface area contributed by atoms with Gasteiger partial charge in [0.15, 0.2) is 0 Å². The van der Waals surface area contributed by atoms with Crippen molar-refractivity contribution < 1.29 is 19.7 Å². The molecule has 2 atom stereocenters. The number of aliphatic hydroxyl groups excluding tert-OH is 2. The number of likely N-dealkylation sites (tertiary alicyclic amines) is 1. The predicted octanol–water partition coefficient (Wildman–Crippen LogP) is 2.30. The van der Waals surface area contributed by atoms with Crippen LogP contribution in [-0.4, -0.2) is 53.9 Å². The lowest BCUT2D eigenvalue weighted by molar-refractivity contribution is 0.000833. The molecular weight excluding hydrogens is 342 g/mol. The van der Waals surface area contributed by atoms with Crippen LogP contribution in [0.25, 0.3) is 0 Å². The Morgan fingerprint density at radius 3 is 2.74 bits per heavy atom. The van der Waals surface area contributed by atoms with Crippen LogP contribution < -0.4 is 4.74 Å². The van der Waals surface area contributed by atoms with Gasteiger partial charge in [0.2, 0.25) is 0 Å². The Kier molecular flexibility index (Phi) is 6.48. The van der Waals surface area contributed by atoms with Crippen molar-refractivity contribution in [1.29, 1.82) is 0 Å². The maximum Gasteiger partial charge on any atom is 0.254 e. The van der Waals surface area contributed by atoms with Crippen molar-refractivity contribution in [3.63, 3.8) is 0 Å². The van der Waals surface area contributed by atoms with E-state index >= 15 is 0 Å². The largest absolute Gasteiger partial charge is 0.497 e. The molecule has 2 N–H and O–H groups in total. The minimum Gasteiger partial charge on any atom is -0.497 e. The summed E-state index contributed by atoms with van der Waals surface area (Å²) < 4.78 is 5.27. The van der Waals surface area contributed by atoms with Crippen LogP contribution in [0, 0.1) is 5.92 Å². The first-order valence-electron chi connectivity index (χ1n) is 9.41. The number of methoxy groups -OCH3 is 1. The van der Waals surface area contributed by atoms with Crippen molar-refractivity contribution >= 4 is 5.91 Å². The monoisotopic (exact) mass is 369 g/mol. The molecule has 1 heterocycles. The highest BCUT2D eigenvalue weighted by Crippen LogP contribution is 2.22. The van der Waals surface area contributed by atoms with E-state index in [0.29, 0.717) is 18.5 Å². The molecule has 144 valence electrons.